The smallest absolute Gasteiger partial charge is 0.257 e. The van der Waals surface area contributed by atoms with Crippen molar-refractivity contribution in [1.82, 2.24) is 19.6 Å². The van der Waals surface area contributed by atoms with E-state index in [4.69, 9.17) is 21.4 Å². The molecule has 2 amide bonds. The maximum atomic E-state index is 13.9. The summed E-state index contributed by atoms with van der Waals surface area (Å²) in [5, 5.41) is 5.38. The van der Waals surface area contributed by atoms with Crippen molar-refractivity contribution >= 4 is 23.4 Å². The molecule has 0 bridgehead atoms. The first-order valence-electron chi connectivity index (χ1n) is 14.1. The molecule has 0 saturated carbocycles. The second-order valence-electron chi connectivity index (χ2n) is 11.0. The number of hydrogen-bond donors (Lipinski definition) is 0. The van der Waals surface area contributed by atoms with Crippen LogP contribution in [0.2, 0.25) is 5.02 Å². The van der Waals surface area contributed by atoms with E-state index in [-0.39, 0.29) is 23.7 Å². The van der Waals surface area contributed by atoms with E-state index in [2.05, 4.69) is 24.3 Å². The normalized spacial score (nSPS) is 20.9. The minimum absolute atomic E-state index is 0.0457. The molecule has 0 spiro atoms. The fourth-order valence-electron chi connectivity index (χ4n) is 6.39. The summed E-state index contributed by atoms with van der Waals surface area (Å²) in [6.07, 6.45) is 5.92. The van der Waals surface area contributed by atoms with Gasteiger partial charge < -0.3 is 14.5 Å². The van der Waals surface area contributed by atoms with Crippen LogP contribution in [-0.2, 0) is 9.53 Å². The van der Waals surface area contributed by atoms with Crippen LogP contribution in [-0.4, -0.2) is 70.8 Å². The summed E-state index contributed by atoms with van der Waals surface area (Å²) < 4.78 is 7.36. The number of rotatable bonds is 5. The van der Waals surface area contributed by atoms with E-state index < -0.39 is 0 Å². The molecular formula is C31H35ClN4O3. The van der Waals surface area contributed by atoms with Gasteiger partial charge in [-0.05, 0) is 61.9 Å². The Morgan fingerprint density at radius 3 is 2.21 bits per heavy atom. The molecule has 3 aliphatic heterocycles. The first kappa shape index (κ1) is 26.1. The number of piperidine rings is 1. The third kappa shape index (κ3) is 5.48. The minimum Gasteiger partial charge on any atom is -0.381 e. The monoisotopic (exact) mass is 546 g/mol. The van der Waals surface area contributed by atoms with E-state index in [1.54, 1.807) is 6.20 Å². The van der Waals surface area contributed by atoms with Gasteiger partial charge >= 0.3 is 0 Å². The second-order valence-corrected chi connectivity index (χ2v) is 11.4. The first-order chi connectivity index (χ1) is 19.1. The van der Waals surface area contributed by atoms with Crippen molar-refractivity contribution in [1.29, 1.82) is 0 Å². The van der Waals surface area contributed by atoms with Crippen molar-refractivity contribution in [3.63, 3.8) is 0 Å². The Balaban J connectivity index is 1.23. The molecule has 4 heterocycles. The maximum Gasteiger partial charge on any atom is 0.257 e. The van der Waals surface area contributed by atoms with E-state index >= 15 is 0 Å². The Hall–Kier alpha value is -3.16. The number of amides is 2. The SMILES string of the molecule is O=C(c1cnn(-c2ccc(Cl)cc2)c1C1CCN(C(=O)C2CCOCC2)CC1)N1CC[C@H](c2ccccc2)C1. The maximum absolute atomic E-state index is 13.9. The molecule has 3 fully saturated rings. The molecular weight excluding hydrogens is 512 g/mol. The van der Waals surface area contributed by atoms with Crippen molar-refractivity contribution in [2.45, 2.75) is 43.9 Å². The highest BCUT2D eigenvalue weighted by Gasteiger charge is 2.35. The number of likely N-dealkylation sites (tertiary alicyclic amines) is 2. The number of hydrogen-bond acceptors (Lipinski definition) is 4. The van der Waals surface area contributed by atoms with Gasteiger partial charge in [0.2, 0.25) is 5.91 Å². The van der Waals surface area contributed by atoms with Gasteiger partial charge in [-0.25, -0.2) is 4.68 Å². The minimum atomic E-state index is 0.0457. The molecule has 1 aromatic heterocycles. The van der Waals surface area contributed by atoms with Crippen molar-refractivity contribution in [2.75, 3.05) is 39.4 Å². The highest BCUT2D eigenvalue weighted by Crippen LogP contribution is 2.35. The molecule has 2 aromatic carbocycles. The highest BCUT2D eigenvalue weighted by atomic mass is 35.5. The van der Waals surface area contributed by atoms with Gasteiger partial charge in [0.25, 0.3) is 5.91 Å². The van der Waals surface area contributed by atoms with Crippen LogP contribution in [0.5, 0.6) is 0 Å². The summed E-state index contributed by atoms with van der Waals surface area (Å²) in [6, 6.07) is 18.0. The fourth-order valence-corrected chi connectivity index (χ4v) is 6.52. The zero-order valence-electron chi connectivity index (χ0n) is 22.2. The van der Waals surface area contributed by atoms with Gasteiger partial charge in [-0.3, -0.25) is 9.59 Å². The Morgan fingerprint density at radius 2 is 1.49 bits per heavy atom. The molecule has 3 aliphatic rings. The van der Waals surface area contributed by atoms with Gasteiger partial charge in [0.1, 0.15) is 0 Å². The van der Waals surface area contributed by atoms with E-state index in [0.29, 0.717) is 49.4 Å². The van der Waals surface area contributed by atoms with Crippen molar-refractivity contribution in [2.24, 2.45) is 5.92 Å². The molecule has 204 valence electrons. The average Bonchev–Trinajstić information content (AvgIpc) is 3.67. The zero-order chi connectivity index (χ0) is 26.8. The molecule has 6 rings (SSSR count). The summed E-state index contributed by atoms with van der Waals surface area (Å²) in [6.45, 7) is 4.18. The highest BCUT2D eigenvalue weighted by molar-refractivity contribution is 6.30. The summed E-state index contributed by atoms with van der Waals surface area (Å²) in [4.78, 5) is 31.1. The van der Waals surface area contributed by atoms with Gasteiger partial charge in [0.05, 0.1) is 23.1 Å². The van der Waals surface area contributed by atoms with Crippen molar-refractivity contribution in [3.05, 3.63) is 82.6 Å². The predicted octanol–water partition coefficient (Wildman–Crippen LogP) is 5.29. The third-order valence-electron chi connectivity index (χ3n) is 8.62. The van der Waals surface area contributed by atoms with E-state index in [1.165, 1.54) is 5.56 Å². The van der Waals surface area contributed by atoms with Crippen LogP contribution in [0, 0.1) is 5.92 Å². The Labute approximate surface area is 234 Å². The summed E-state index contributed by atoms with van der Waals surface area (Å²) in [7, 11) is 0. The fraction of sp³-hybridized carbons (Fsp3) is 0.452. The number of halogens is 1. The van der Waals surface area contributed by atoms with Crippen LogP contribution in [0.3, 0.4) is 0 Å². The molecule has 0 unspecified atom stereocenters. The van der Waals surface area contributed by atoms with Gasteiger partial charge in [-0.1, -0.05) is 41.9 Å². The largest absolute Gasteiger partial charge is 0.381 e. The van der Waals surface area contributed by atoms with Gasteiger partial charge in [-0.15, -0.1) is 0 Å². The molecule has 39 heavy (non-hydrogen) atoms. The lowest BCUT2D eigenvalue weighted by atomic mass is 9.89. The Kier molecular flexibility index (Phi) is 7.71. The molecule has 7 nitrogen and oxygen atoms in total. The number of nitrogens with zero attached hydrogens (tertiary/aromatic N) is 4. The zero-order valence-corrected chi connectivity index (χ0v) is 22.9. The number of aromatic nitrogens is 2. The van der Waals surface area contributed by atoms with E-state index in [1.807, 2.05) is 44.8 Å². The molecule has 3 aromatic rings. The topological polar surface area (TPSA) is 67.7 Å². The molecule has 3 saturated heterocycles. The van der Waals surface area contributed by atoms with Crippen LogP contribution in [0.15, 0.2) is 60.8 Å². The summed E-state index contributed by atoms with van der Waals surface area (Å²) in [5.74, 6) is 0.852. The van der Waals surface area contributed by atoms with Crippen LogP contribution >= 0.6 is 11.6 Å². The molecule has 0 N–H and O–H groups in total. The van der Waals surface area contributed by atoms with Gasteiger partial charge in [0, 0.05) is 62.2 Å². The lowest BCUT2D eigenvalue weighted by molar-refractivity contribution is -0.139. The Morgan fingerprint density at radius 1 is 0.821 bits per heavy atom. The van der Waals surface area contributed by atoms with E-state index in [9.17, 15) is 9.59 Å². The molecule has 0 aliphatic carbocycles. The van der Waals surface area contributed by atoms with E-state index in [0.717, 1.165) is 50.0 Å². The lowest BCUT2D eigenvalue weighted by Gasteiger charge is -2.35. The van der Waals surface area contributed by atoms with Crippen LogP contribution < -0.4 is 0 Å². The molecule has 1 atom stereocenters. The van der Waals surface area contributed by atoms with Crippen molar-refractivity contribution in [3.8, 4) is 5.69 Å². The van der Waals surface area contributed by atoms with Crippen LogP contribution in [0.4, 0.5) is 0 Å². The van der Waals surface area contributed by atoms with Crippen molar-refractivity contribution < 1.29 is 14.3 Å². The number of ether oxygens (including phenoxy) is 1. The number of benzene rings is 2. The molecule has 0 radical (unpaired) electrons. The third-order valence-corrected chi connectivity index (χ3v) is 8.87. The lowest BCUT2D eigenvalue weighted by Crippen LogP contribution is -2.43. The Bertz CT molecular complexity index is 1300. The summed E-state index contributed by atoms with van der Waals surface area (Å²) in [5.41, 5.74) is 3.79. The van der Waals surface area contributed by atoms with Crippen LogP contribution in [0.25, 0.3) is 5.69 Å². The average molecular weight is 547 g/mol. The molecule has 8 heteroatoms. The van der Waals surface area contributed by atoms with Gasteiger partial charge in [0.15, 0.2) is 0 Å². The van der Waals surface area contributed by atoms with Gasteiger partial charge in [-0.2, -0.15) is 5.10 Å². The number of carbonyl (C=O) groups is 2. The first-order valence-corrected chi connectivity index (χ1v) is 14.5. The standard InChI is InChI=1S/C31H35ClN4O3/c32-26-6-8-27(9-7-26)36-29(23-10-15-34(16-11-23)30(37)24-13-18-39-19-14-24)28(20-33-36)31(38)35-17-12-25(21-35)22-4-2-1-3-5-22/h1-9,20,23-25H,10-19,21H2/t25-/m0/s1. The number of carbonyl (C=O) groups excluding carboxylic acids is 2. The van der Waals surface area contributed by atoms with Crippen LogP contribution in [0.1, 0.15) is 65.6 Å². The quantitative estimate of drug-likeness (QED) is 0.436. The summed E-state index contributed by atoms with van der Waals surface area (Å²) >= 11 is 6.17. The predicted molar refractivity (Wildman–Crippen MR) is 150 cm³/mol. The second kappa shape index (κ2) is 11.5.